The summed E-state index contributed by atoms with van der Waals surface area (Å²) in [6, 6.07) is 17.7. The molecule has 2 aromatic carbocycles. The van der Waals surface area contributed by atoms with Crippen molar-refractivity contribution in [1.82, 2.24) is 15.1 Å². The van der Waals surface area contributed by atoms with Crippen LogP contribution in [0.5, 0.6) is 0 Å². The molecule has 2 aliphatic heterocycles. The first kappa shape index (κ1) is 24.1. The van der Waals surface area contributed by atoms with Gasteiger partial charge in [0.05, 0.1) is 11.4 Å². The van der Waals surface area contributed by atoms with Gasteiger partial charge in [0.25, 0.3) is 5.91 Å². The lowest BCUT2D eigenvalue weighted by atomic mass is 10.0. The van der Waals surface area contributed by atoms with Crippen molar-refractivity contribution < 1.29 is 9.59 Å². The van der Waals surface area contributed by atoms with E-state index in [0.717, 1.165) is 68.2 Å². The summed E-state index contributed by atoms with van der Waals surface area (Å²) >= 11 is 1.65. The van der Waals surface area contributed by atoms with Gasteiger partial charge in [0.1, 0.15) is 0 Å². The lowest BCUT2D eigenvalue weighted by Crippen LogP contribution is -2.53. The molecule has 5 rings (SSSR count). The Balaban J connectivity index is 1.14. The minimum absolute atomic E-state index is 0.159. The summed E-state index contributed by atoms with van der Waals surface area (Å²) in [4.78, 5) is 30.6. The van der Waals surface area contributed by atoms with Crippen LogP contribution in [0.3, 0.4) is 0 Å². The normalized spacial score (nSPS) is 16.6. The molecule has 0 radical (unpaired) electrons. The van der Waals surface area contributed by atoms with E-state index in [-0.39, 0.29) is 11.9 Å². The molecule has 0 spiro atoms. The number of nitrogens with zero attached hydrogens (tertiary/aromatic N) is 2. The van der Waals surface area contributed by atoms with Gasteiger partial charge >= 0.3 is 6.03 Å². The molecule has 2 aliphatic rings. The molecule has 0 atom stereocenters. The highest BCUT2D eigenvalue weighted by Gasteiger charge is 2.27. The quantitative estimate of drug-likeness (QED) is 0.391. The number of piperidine rings is 1. The topological polar surface area (TPSA) is 103 Å². The Morgan fingerprint density at radius 3 is 2.36 bits per heavy atom. The molecule has 5 N–H and O–H groups in total. The summed E-state index contributed by atoms with van der Waals surface area (Å²) in [5.41, 5.74) is 9.82. The maximum absolute atomic E-state index is 12.9. The number of carbonyl (C=O) groups is 2. The van der Waals surface area contributed by atoms with Crippen LogP contribution in [0.25, 0.3) is 10.4 Å². The summed E-state index contributed by atoms with van der Waals surface area (Å²) in [7, 11) is 0. The lowest BCUT2D eigenvalue weighted by Gasteiger charge is -2.37. The first-order valence-electron chi connectivity index (χ1n) is 12.4. The Kier molecular flexibility index (Phi) is 7.39. The Morgan fingerprint density at radius 1 is 0.944 bits per heavy atom. The number of nitrogens with two attached hydrogens (primary N) is 1. The van der Waals surface area contributed by atoms with E-state index in [9.17, 15) is 9.59 Å². The highest BCUT2D eigenvalue weighted by Crippen LogP contribution is 2.30. The smallest absolute Gasteiger partial charge is 0.320 e. The average molecular weight is 505 g/mol. The summed E-state index contributed by atoms with van der Waals surface area (Å²) in [5, 5.41) is 11.8. The second-order valence-corrected chi connectivity index (χ2v) is 10.2. The predicted molar refractivity (Wildman–Crippen MR) is 147 cm³/mol. The zero-order chi connectivity index (χ0) is 24.9. The van der Waals surface area contributed by atoms with Crippen LogP contribution in [-0.4, -0.2) is 67.0 Å². The fourth-order valence-electron chi connectivity index (χ4n) is 4.68. The highest BCUT2D eigenvalue weighted by atomic mass is 32.1. The van der Waals surface area contributed by atoms with Crippen molar-refractivity contribution in [3.05, 3.63) is 65.5 Å². The molecule has 1 aromatic heterocycles. The minimum atomic E-state index is -0.198. The summed E-state index contributed by atoms with van der Waals surface area (Å²) in [6.07, 6.45) is 1.81. The van der Waals surface area contributed by atoms with Gasteiger partial charge in [-0.05, 0) is 66.2 Å². The van der Waals surface area contributed by atoms with E-state index in [1.807, 2.05) is 69.8 Å². The van der Waals surface area contributed by atoms with Crippen LogP contribution in [0.4, 0.5) is 21.9 Å². The Hall–Kier alpha value is -3.56. The number of benzene rings is 2. The van der Waals surface area contributed by atoms with Gasteiger partial charge in [-0.1, -0.05) is 12.1 Å². The molecule has 8 nitrogen and oxygen atoms in total. The van der Waals surface area contributed by atoms with E-state index >= 15 is 0 Å². The van der Waals surface area contributed by atoms with Crippen molar-refractivity contribution in [2.24, 2.45) is 0 Å². The molecule has 0 aliphatic carbocycles. The second kappa shape index (κ2) is 11.0. The van der Waals surface area contributed by atoms with Crippen LogP contribution in [0.1, 0.15) is 23.2 Å². The Bertz CT molecular complexity index is 1180. The number of amides is 3. The van der Waals surface area contributed by atoms with Gasteiger partial charge in [-0.3, -0.25) is 4.79 Å². The van der Waals surface area contributed by atoms with Crippen molar-refractivity contribution in [2.45, 2.75) is 18.9 Å². The number of nitrogens with one attached hydrogen (secondary N) is 3. The first-order valence-corrected chi connectivity index (χ1v) is 13.3. The third kappa shape index (κ3) is 5.63. The van der Waals surface area contributed by atoms with Crippen molar-refractivity contribution >= 4 is 40.3 Å². The predicted octanol–water partition coefficient (Wildman–Crippen LogP) is 4.15. The molecule has 2 fully saturated rings. The summed E-state index contributed by atoms with van der Waals surface area (Å²) < 4.78 is 0. The number of carbonyl (C=O) groups excluding carboxylic acids is 2. The molecule has 3 heterocycles. The fourth-order valence-corrected chi connectivity index (χ4v) is 5.40. The number of anilines is 3. The summed E-state index contributed by atoms with van der Waals surface area (Å²) in [5.74, 6) is -0.198. The van der Waals surface area contributed by atoms with Crippen molar-refractivity contribution in [3.63, 3.8) is 0 Å². The van der Waals surface area contributed by atoms with Crippen LogP contribution in [0, 0.1) is 0 Å². The van der Waals surface area contributed by atoms with E-state index in [2.05, 4.69) is 16.0 Å². The number of thiophene rings is 1. The SMILES string of the molecule is Nc1ccc(-c2cccs2)cc1NC(=O)c1ccc(NC2CCN(C(=O)N3CCNCC3)CC2)cc1. The molecule has 0 saturated carbocycles. The summed E-state index contributed by atoms with van der Waals surface area (Å²) in [6.45, 7) is 4.81. The molecular weight excluding hydrogens is 472 g/mol. The minimum Gasteiger partial charge on any atom is -0.397 e. The van der Waals surface area contributed by atoms with Crippen LogP contribution < -0.4 is 21.7 Å². The van der Waals surface area contributed by atoms with E-state index in [4.69, 9.17) is 5.73 Å². The number of nitrogen functional groups attached to an aromatic ring is 1. The molecule has 2 saturated heterocycles. The number of hydrogen-bond donors (Lipinski definition) is 4. The maximum atomic E-state index is 12.9. The molecule has 0 bridgehead atoms. The van der Waals surface area contributed by atoms with Crippen molar-refractivity contribution in [2.75, 3.05) is 55.6 Å². The number of hydrogen-bond acceptors (Lipinski definition) is 6. The van der Waals surface area contributed by atoms with Gasteiger partial charge < -0.3 is 31.5 Å². The fraction of sp³-hybridized carbons (Fsp3) is 0.333. The zero-order valence-electron chi connectivity index (χ0n) is 20.2. The van der Waals surface area contributed by atoms with E-state index in [0.29, 0.717) is 23.0 Å². The van der Waals surface area contributed by atoms with Gasteiger partial charge in [-0.2, -0.15) is 0 Å². The zero-order valence-corrected chi connectivity index (χ0v) is 21.0. The van der Waals surface area contributed by atoms with Crippen molar-refractivity contribution in [1.29, 1.82) is 0 Å². The number of piperazine rings is 1. The third-order valence-electron chi connectivity index (χ3n) is 6.78. The maximum Gasteiger partial charge on any atom is 0.320 e. The lowest BCUT2D eigenvalue weighted by molar-refractivity contribution is 0.102. The largest absolute Gasteiger partial charge is 0.397 e. The number of urea groups is 1. The molecule has 9 heteroatoms. The molecule has 3 amide bonds. The number of rotatable bonds is 5. The van der Waals surface area contributed by atoms with Crippen LogP contribution in [-0.2, 0) is 0 Å². The monoisotopic (exact) mass is 504 g/mol. The van der Waals surface area contributed by atoms with Crippen LogP contribution in [0.15, 0.2) is 60.0 Å². The van der Waals surface area contributed by atoms with Crippen LogP contribution in [0.2, 0.25) is 0 Å². The number of likely N-dealkylation sites (tertiary alicyclic amines) is 1. The van der Waals surface area contributed by atoms with Gasteiger partial charge in [-0.25, -0.2) is 4.79 Å². The van der Waals surface area contributed by atoms with Crippen LogP contribution >= 0.6 is 11.3 Å². The second-order valence-electron chi connectivity index (χ2n) is 9.24. The Morgan fingerprint density at radius 2 is 1.67 bits per heavy atom. The van der Waals surface area contributed by atoms with Crippen molar-refractivity contribution in [3.8, 4) is 10.4 Å². The van der Waals surface area contributed by atoms with Gasteiger partial charge in [0.15, 0.2) is 0 Å². The molecule has 0 unspecified atom stereocenters. The first-order chi connectivity index (χ1) is 17.6. The molecule has 36 heavy (non-hydrogen) atoms. The standard InChI is InChI=1S/C27H32N6O2S/c28-23-8-5-20(25-2-1-17-36-25)18-24(23)31-26(34)19-3-6-21(7-4-19)30-22-9-13-32(14-10-22)27(35)33-15-11-29-12-16-33/h1-8,17-18,22,29-30H,9-16,28H2,(H,31,34). The van der Waals surface area contributed by atoms with E-state index in [1.54, 1.807) is 11.3 Å². The van der Waals surface area contributed by atoms with Gasteiger partial charge in [-0.15, -0.1) is 11.3 Å². The Labute approximate surface area is 215 Å². The van der Waals surface area contributed by atoms with Gasteiger partial charge in [0.2, 0.25) is 0 Å². The molecule has 188 valence electrons. The average Bonchev–Trinajstić information content (AvgIpc) is 3.46. The molecule has 3 aromatic rings. The highest BCUT2D eigenvalue weighted by molar-refractivity contribution is 7.13. The van der Waals surface area contributed by atoms with Gasteiger partial charge in [0, 0.05) is 61.4 Å². The molecular formula is C27H32N6O2S. The van der Waals surface area contributed by atoms with E-state index in [1.165, 1.54) is 0 Å². The third-order valence-corrected chi connectivity index (χ3v) is 7.70. The van der Waals surface area contributed by atoms with E-state index < -0.39 is 0 Å².